The lowest BCUT2D eigenvalue weighted by atomic mass is 10.2. The smallest absolute Gasteiger partial charge is 0.477 e. The van der Waals surface area contributed by atoms with Crippen LogP contribution in [0.1, 0.15) is 0 Å². The van der Waals surface area contributed by atoms with E-state index in [9.17, 15) is 61.9 Å². The van der Waals surface area contributed by atoms with Gasteiger partial charge in [-0.15, -0.1) is 13.2 Å². The molecule has 0 fully saturated rings. The molecule has 0 heterocycles. The lowest BCUT2D eigenvalue weighted by molar-refractivity contribution is -0.532. The van der Waals surface area contributed by atoms with E-state index in [2.05, 4.69) is 0 Å². The number of carboxylic acids is 1. The second-order valence-electron chi connectivity index (χ2n) is 3.65. The highest BCUT2D eigenvalue weighted by Gasteiger charge is 2.80. The molecule has 4 nitrogen and oxygen atoms in total. The van der Waals surface area contributed by atoms with Crippen LogP contribution in [0.2, 0.25) is 0 Å². The second kappa shape index (κ2) is 5.78. The van der Waals surface area contributed by atoms with Gasteiger partial charge in [0.1, 0.15) is 0 Å². The Bertz CT molecular complexity index is 481. The van der Waals surface area contributed by atoms with Crippen LogP contribution in [0, 0.1) is 0 Å². The number of hydrogen-bond donors (Lipinski definition) is 1. The lowest BCUT2D eigenvalue weighted by Crippen LogP contribution is -2.62. The van der Waals surface area contributed by atoms with E-state index in [-0.39, 0.29) is 0 Å². The molecule has 0 aromatic heterocycles. The fourth-order valence-electron chi connectivity index (χ4n) is 0.793. The van der Waals surface area contributed by atoms with Gasteiger partial charge in [0.15, 0.2) is 0 Å². The molecule has 0 aromatic rings. The topological polar surface area (TPSA) is 55.8 Å². The summed E-state index contributed by atoms with van der Waals surface area (Å²) >= 11 is 0. The molecular weight excluding hydrogens is 395 g/mol. The van der Waals surface area contributed by atoms with Gasteiger partial charge in [-0.2, -0.15) is 43.9 Å². The Kier molecular flexibility index (Phi) is 5.41. The van der Waals surface area contributed by atoms with Crippen molar-refractivity contribution in [1.29, 1.82) is 0 Å². The Morgan fingerprint density at radius 2 is 0.958 bits per heavy atom. The van der Waals surface area contributed by atoms with Crippen LogP contribution in [0.5, 0.6) is 0 Å². The van der Waals surface area contributed by atoms with Crippen molar-refractivity contribution in [3.63, 3.8) is 0 Å². The number of hydrogen-bond acceptors (Lipinski definition) is 3. The van der Waals surface area contributed by atoms with Gasteiger partial charge >= 0.3 is 42.5 Å². The number of rotatable bonds is 7. The normalized spacial score (nSPS) is 15.5. The number of halogens is 13. The second-order valence-corrected chi connectivity index (χ2v) is 3.65. The van der Waals surface area contributed by atoms with Crippen molar-refractivity contribution in [2.75, 3.05) is 0 Å². The van der Waals surface area contributed by atoms with E-state index in [1.165, 1.54) is 9.47 Å². The molecule has 17 heteroatoms. The van der Waals surface area contributed by atoms with Crippen LogP contribution in [-0.4, -0.2) is 47.6 Å². The van der Waals surface area contributed by atoms with Crippen LogP contribution >= 0.6 is 0 Å². The molecule has 0 radical (unpaired) electrons. The van der Waals surface area contributed by atoms with Crippen molar-refractivity contribution in [3.05, 3.63) is 0 Å². The largest absolute Gasteiger partial charge is 0.527 e. The molecule has 0 aliphatic heterocycles. The fourth-order valence-corrected chi connectivity index (χ4v) is 0.793. The maximum absolute atomic E-state index is 12.7. The monoisotopic (exact) mass is 396 g/mol. The highest BCUT2D eigenvalue weighted by atomic mass is 19.4. The maximum atomic E-state index is 12.7. The van der Waals surface area contributed by atoms with Crippen molar-refractivity contribution in [1.82, 2.24) is 0 Å². The van der Waals surface area contributed by atoms with Gasteiger partial charge in [0, 0.05) is 0 Å². The summed E-state index contributed by atoms with van der Waals surface area (Å²) < 4.78 is 162. The third-order valence-corrected chi connectivity index (χ3v) is 1.87. The summed E-state index contributed by atoms with van der Waals surface area (Å²) in [6.45, 7) is 0. The van der Waals surface area contributed by atoms with Gasteiger partial charge in [-0.05, 0) is 0 Å². The molecule has 0 aromatic carbocycles. The molecule has 0 atom stereocenters. The molecule has 0 spiro atoms. The van der Waals surface area contributed by atoms with Crippen molar-refractivity contribution in [2.45, 2.75) is 36.5 Å². The van der Waals surface area contributed by atoms with E-state index in [0.29, 0.717) is 0 Å². The number of ether oxygens (including phenoxy) is 2. The van der Waals surface area contributed by atoms with Crippen LogP contribution in [0.15, 0.2) is 0 Å². The van der Waals surface area contributed by atoms with Crippen LogP contribution in [-0.2, 0) is 14.3 Å². The summed E-state index contributed by atoms with van der Waals surface area (Å²) in [6, 6.07) is 0. The van der Waals surface area contributed by atoms with Gasteiger partial charge in [-0.25, -0.2) is 14.3 Å². The third kappa shape index (κ3) is 4.11. The molecular formula is C7HF13O4. The molecule has 0 bridgehead atoms. The Labute approximate surface area is 120 Å². The van der Waals surface area contributed by atoms with Gasteiger partial charge in [-0.1, -0.05) is 0 Å². The summed E-state index contributed by atoms with van der Waals surface area (Å²) in [5.74, 6) is -18.1. The number of carbonyl (C=O) groups is 1. The minimum absolute atomic E-state index is 1.33. The average molecular weight is 396 g/mol. The quantitative estimate of drug-likeness (QED) is 0.668. The van der Waals surface area contributed by atoms with E-state index in [1.807, 2.05) is 0 Å². The molecule has 144 valence electrons. The fraction of sp³-hybridized carbons (Fsp3) is 0.857. The zero-order valence-electron chi connectivity index (χ0n) is 10.1. The lowest BCUT2D eigenvalue weighted by Gasteiger charge is -2.34. The zero-order chi connectivity index (χ0) is 20.0. The van der Waals surface area contributed by atoms with Crippen molar-refractivity contribution in [3.8, 4) is 0 Å². The van der Waals surface area contributed by atoms with E-state index in [0.717, 1.165) is 0 Å². The van der Waals surface area contributed by atoms with Gasteiger partial charge in [0.2, 0.25) is 0 Å². The SMILES string of the molecule is O=C(O)C(F)(F)C(F)(F)OC(F)(F)C(F)(F)C(F)(F)OC(F)(F)F. The third-order valence-electron chi connectivity index (χ3n) is 1.87. The number of carboxylic acid groups (broad SMARTS) is 1. The summed E-state index contributed by atoms with van der Waals surface area (Å²) in [5, 5.41) is 7.63. The van der Waals surface area contributed by atoms with Crippen molar-refractivity contribution < 1.29 is 76.5 Å². The first-order valence-corrected chi connectivity index (χ1v) is 4.70. The molecule has 24 heavy (non-hydrogen) atoms. The molecule has 0 saturated carbocycles. The summed E-state index contributed by atoms with van der Waals surface area (Å²) in [7, 11) is 0. The summed E-state index contributed by atoms with van der Waals surface area (Å²) in [4.78, 5) is 9.72. The highest BCUT2D eigenvalue weighted by molar-refractivity contribution is 5.76. The van der Waals surface area contributed by atoms with Crippen LogP contribution < -0.4 is 0 Å². The molecule has 0 aliphatic carbocycles. The van der Waals surface area contributed by atoms with Crippen LogP contribution in [0.3, 0.4) is 0 Å². The summed E-state index contributed by atoms with van der Waals surface area (Å²) in [6.07, 6.45) is -28.4. The van der Waals surface area contributed by atoms with Crippen molar-refractivity contribution >= 4 is 5.97 Å². The predicted molar refractivity (Wildman–Crippen MR) is 40.6 cm³/mol. The standard InChI is InChI=1S/C7HF13O4/c8-2(9,1(21)22)4(12,13)23-5(14,15)3(10,11)6(16,17)24-7(18,19)20/h(H,21,22). The highest BCUT2D eigenvalue weighted by Crippen LogP contribution is 2.52. The van der Waals surface area contributed by atoms with Gasteiger partial charge in [-0.3, -0.25) is 0 Å². The van der Waals surface area contributed by atoms with Crippen molar-refractivity contribution in [2.24, 2.45) is 0 Å². The predicted octanol–water partition coefficient (Wildman–Crippen LogP) is 3.67. The maximum Gasteiger partial charge on any atom is 0.527 e. The van der Waals surface area contributed by atoms with E-state index in [4.69, 9.17) is 5.11 Å². The Hall–Kier alpha value is -1.52. The minimum Gasteiger partial charge on any atom is -0.477 e. The first kappa shape index (κ1) is 22.5. The Balaban J connectivity index is 5.76. The first-order chi connectivity index (χ1) is 10.1. The van der Waals surface area contributed by atoms with E-state index < -0.39 is 42.5 Å². The zero-order valence-corrected chi connectivity index (χ0v) is 10.1. The van der Waals surface area contributed by atoms with E-state index in [1.54, 1.807) is 0 Å². The molecule has 0 saturated heterocycles. The average Bonchev–Trinajstić information content (AvgIpc) is 2.22. The van der Waals surface area contributed by atoms with Crippen LogP contribution in [0.25, 0.3) is 0 Å². The molecule has 0 unspecified atom stereocenters. The minimum atomic E-state index is -7.58. The molecule has 1 N–H and O–H groups in total. The summed E-state index contributed by atoms with van der Waals surface area (Å²) in [5.41, 5.74) is 0. The van der Waals surface area contributed by atoms with Gasteiger partial charge < -0.3 is 5.11 Å². The molecule has 0 rings (SSSR count). The molecule has 0 aliphatic rings. The van der Waals surface area contributed by atoms with Gasteiger partial charge in [0.05, 0.1) is 0 Å². The first-order valence-electron chi connectivity index (χ1n) is 4.70. The Morgan fingerprint density at radius 3 is 1.25 bits per heavy atom. The molecule has 0 amide bonds. The van der Waals surface area contributed by atoms with Gasteiger partial charge in [0.25, 0.3) is 0 Å². The number of alkyl halides is 13. The number of aliphatic carboxylic acids is 1. The Morgan fingerprint density at radius 1 is 0.625 bits per heavy atom. The van der Waals surface area contributed by atoms with Crippen LogP contribution in [0.4, 0.5) is 57.1 Å². The van der Waals surface area contributed by atoms with E-state index >= 15 is 0 Å².